The molecule has 15 heavy (non-hydrogen) atoms. The lowest BCUT2D eigenvalue weighted by atomic mass is 10.1. The van der Waals surface area contributed by atoms with Crippen LogP contribution in [0.4, 0.5) is 5.69 Å². The Morgan fingerprint density at radius 3 is 3.20 bits per heavy atom. The molecule has 0 saturated carbocycles. The van der Waals surface area contributed by atoms with Crippen LogP contribution in [0.1, 0.15) is 18.4 Å². The molecule has 0 radical (unpaired) electrons. The molecule has 0 fully saturated rings. The van der Waals surface area contributed by atoms with Crippen LogP contribution in [0, 0.1) is 6.92 Å². The standard InChI is InChI=1S/C12H18N2O/c1-9-4-5-11-12(7-9)15-8-10(14-11)3-2-6-13/h4-5,7,10,14H,2-3,6,8,13H2,1H3. The topological polar surface area (TPSA) is 47.3 Å². The van der Waals surface area contributed by atoms with Crippen molar-refractivity contribution in [1.29, 1.82) is 0 Å². The fraction of sp³-hybridized carbons (Fsp3) is 0.500. The number of nitrogens with one attached hydrogen (secondary N) is 1. The average Bonchev–Trinajstić information content (AvgIpc) is 2.26. The van der Waals surface area contributed by atoms with Crippen LogP contribution >= 0.6 is 0 Å². The van der Waals surface area contributed by atoms with Crippen molar-refractivity contribution in [3.05, 3.63) is 23.8 Å². The summed E-state index contributed by atoms with van der Waals surface area (Å²) < 4.78 is 5.71. The van der Waals surface area contributed by atoms with Crippen molar-refractivity contribution < 1.29 is 4.74 Å². The van der Waals surface area contributed by atoms with E-state index in [-0.39, 0.29) is 0 Å². The zero-order chi connectivity index (χ0) is 10.7. The molecule has 1 aromatic carbocycles. The number of ether oxygens (including phenoxy) is 1. The molecule has 1 aliphatic heterocycles. The summed E-state index contributed by atoms with van der Waals surface area (Å²) in [6, 6.07) is 6.66. The van der Waals surface area contributed by atoms with Crippen molar-refractivity contribution in [1.82, 2.24) is 0 Å². The van der Waals surface area contributed by atoms with E-state index in [4.69, 9.17) is 10.5 Å². The maximum atomic E-state index is 5.71. The summed E-state index contributed by atoms with van der Waals surface area (Å²) in [5.74, 6) is 0.971. The third-order valence-corrected chi connectivity index (χ3v) is 2.69. The lowest BCUT2D eigenvalue weighted by molar-refractivity contribution is 0.277. The van der Waals surface area contributed by atoms with Gasteiger partial charge in [-0.25, -0.2) is 0 Å². The first-order valence-electron chi connectivity index (χ1n) is 5.49. The molecule has 1 atom stereocenters. The van der Waals surface area contributed by atoms with Crippen LogP contribution in [0.3, 0.4) is 0 Å². The molecule has 3 N–H and O–H groups in total. The highest BCUT2D eigenvalue weighted by atomic mass is 16.5. The van der Waals surface area contributed by atoms with E-state index in [1.54, 1.807) is 0 Å². The zero-order valence-corrected chi connectivity index (χ0v) is 9.12. The van der Waals surface area contributed by atoms with Gasteiger partial charge in [0.05, 0.1) is 11.7 Å². The van der Waals surface area contributed by atoms with Crippen LogP contribution in [0.5, 0.6) is 5.75 Å². The van der Waals surface area contributed by atoms with E-state index in [1.165, 1.54) is 5.56 Å². The molecule has 1 aromatic rings. The number of rotatable bonds is 3. The smallest absolute Gasteiger partial charge is 0.142 e. The van der Waals surface area contributed by atoms with E-state index in [2.05, 4.69) is 30.4 Å². The molecule has 0 bridgehead atoms. The van der Waals surface area contributed by atoms with Crippen molar-refractivity contribution in [3.63, 3.8) is 0 Å². The first kappa shape index (κ1) is 10.3. The van der Waals surface area contributed by atoms with Gasteiger partial charge < -0.3 is 15.8 Å². The molecule has 1 heterocycles. The highest BCUT2D eigenvalue weighted by molar-refractivity contribution is 5.59. The fourth-order valence-corrected chi connectivity index (χ4v) is 1.84. The molecule has 3 heteroatoms. The number of hydrogen-bond donors (Lipinski definition) is 2. The van der Waals surface area contributed by atoms with Gasteiger partial charge in [0.2, 0.25) is 0 Å². The third-order valence-electron chi connectivity index (χ3n) is 2.69. The summed E-state index contributed by atoms with van der Waals surface area (Å²) in [5, 5.41) is 3.48. The Hall–Kier alpha value is -1.22. The van der Waals surface area contributed by atoms with E-state index < -0.39 is 0 Å². The van der Waals surface area contributed by atoms with Gasteiger partial charge >= 0.3 is 0 Å². The second-order valence-corrected chi connectivity index (χ2v) is 4.08. The van der Waals surface area contributed by atoms with E-state index in [0.29, 0.717) is 6.04 Å². The highest BCUT2D eigenvalue weighted by Crippen LogP contribution is 2.30. The molecule has 2 rings (SSSR count). The molecule has 1 aliphatic rings. The lowest BCUT2D eigenvalue weighted by Crippen LogP contribution is -2.31. The number of aryl methyl sites for hydroxylation is 1. The average molecular weight is 206 g/mol. The van der Waals surface area contributed by atoms with Gasteiger partial charge in [0.1, 0.15) is 12.4 Å². The number of benzene rings is 1. The van der Waals surface area contributed by atoms with E-state index in [0.717, 1.165) is 37.4 Å². The lowest BCUT2D eigenvalue weighted by Gasteiger charge is -2.27. The van der Waals surface area contributed by atoms with Gasteiger partial charge in [-0.1, -0.05) is 6.07 Å². The number of nitrogens with two attached hydrogens (primary N) is 1. The highest BCUT2D eigenvalue weighted by Gasteiger charge is 2.17. The molecule has 82 valence electrons. The Morgan fingerprint density at radius 2 is 2.40 bits per heavy atom. The Bertz CT molecular complexity index is 338. The van der Waals surface area contributed by atoms with Crippen molar-refractivity contribution in [2.45, 2.75) is 25.8 Å². The quantitative estimate of drug-likeness (QED) is 0.794. The predicted octanol–water partition coefficient (Wildman–Crippen LogP) is 1.91. The Balaban J connectivity index is 2.03. The number of hydrogen-bond acceptors (Lipinski definition) is 3. The summed E-state index contributed by atoms with van der Waals surface area (Å²) in [7, 11) is 0. The predicted molar refractivity (Wildman–Crippen MR) is 62.4 cm³/mol. The molecule has 0 saturated heterocycles. The molecule has 3 nitrogen and oxygen atoms in total. The van der Waals surface area contributed by atoms with Crippen LogP contribution in [-0.4, -0.2) is 19.2 Å². The van der Waals surface area contributed by atoms with E-state index >= 15 is 0 Å². The number of fused-ring (bicyclic) bond motifs is 1. The first-order chi connectivity index (χ1) is 7.29. The van der Waals surface area contributed by atoms with Crippen LogP contribution in [0.25, 0.3) is 0 Å². The van der Waals surface area contributed by atoms with Gasteiger partial charge in [-0.05, 0) is 44.0 Å². The largest absolute Gasteiger partial charge is 0.489 e. The van der Waals surface area contributed by atoms with Crippen molar-refractivity contribution >= 4 is 5.69 Å². The summed E-state index contributed by atoms with van der Waals surface area (Å²) in [4.78, 5) is 0. The summed E-state index contributed by atoms with van der Waals surface area (Å²) in [6.07, 6.45) is 2.12. The maximum absolute atomic E-state index is 5.71. The molecule has 0 amide bonds. The van der Waals surface area contributed by atoms with E-state index in [1.807, 2.05) is 0 Å². The van der Waals surface area contributed by atoms with Gasteiger partial charge in [-0.15, -0.1) is 0 Å². The summed E-state index contributed by atoms with van der Waals surface area (Å²) in [6.45, 7) is 3.57. The van der Waals surface area contributed by atoms with Gasteiger partial charge in [0, 0.05) is 0 Å². The van der Waals surface area contributed by atoms with Gasteiger partial charge in [0.25, 0.3) is 0 Å². The van der Waals surface area contributed by atoms with E-state index in [9.17, 15) is 0 Å². The minimum atomic E-state index is 0.406. The van der Waals surface area contributed by atoms with Crippen LogP contribution in [-0.2, 0) is 0 Å². The second kappa shape index (κ2) is 4.53. The summed E-state index contributed by atoms with van der Waals surface area (Å²) in [5.41, 5.74) is 7.83. The Labute approximate surface area is 90.6 Å². The number of anilines is 1. The minimum absolute atomic E-state index is 0.406. The van der Waals surface area contributed by atoms with Crippen LogP contribution in [0.15, 0.2) is 18.2 Å². The summed E-state index contributed by atoms with van der Waals surface area (Å²) >= 11 is 0. The maximum Gasteiger partial charge on any atom is 0.142 e. The minimum Gasteiger partial charge on any atom is -0.489 e. The Kier molecular flexibility index (Phi) is 3.11. The van der Waals surface area contributed by atoms with Crippen molar-refractivity contribution in [3.8, 4) is 5.75 Å². The second-order valence-electron chi connectivity index (χ2n) is 4.08. The molecule has 0 aromatic heterocycles. The van der Waals surface area contributed by atoms with Crippen molar-refractivity contribution in [2.75, 3.05) is 18.5 Å². The SMILES string of the molecule is Cc1ccc2c(c1)OCC(CCCN)N2. The zero-order valence-electron chi connectivity index (χ0n) is 9.12. The monoisotopic (exact) mass is 206 g/mol. The molecule has 0 aliphatic carbocycles. The van der Waals surface area contributed by atoms with Gasteiger partial charge in [-0.3, -0.25) is 0 Å². The molecular formula is C12H18N2O. The third kappa shape index (κ3) is 2.42. The first-order valence-corrected chi connectivity index (χ1v) is 5.49. The molecule has 1 unspecified atom stereocenters. The van der Waals surface area contributed by atoms with Crippen LogP contribution < -0.4 is 15.8 Å². The molecular weight excluding hydrogens is 188 g/mol. The normalized spacial score (nSPS) is 18.9. The van der Waals surface area contributed by atoms with Gasteiger partial charge in [-0.2, -0.15) is 0 Å². The van der Waals surface area contributed by atoms with Crippen molar-refractivity contribution in [2.24, 2.45) is 5.73 Å². The Morgan fingerprint density at radius 1 is 1.53 bits per heavy atom. The van der Waals surface area contributed by atoms with Gasteiger partial charge in [0.15, 0.2) is 0 Å². The molecule has 0 spiro atoms. The fourth-order valence-electron chi connectivity index (χ4n) is 1.84. The van der Waals surface area contributed by atoms with Crippen LogP contribution in [0.2, 0.25) is 0 Å².